The van der Waals surface area contributed by atoms with Crippen LogP contribution in [0.15, 0.2) is 38.5 Å². The van der Waals surface area contributed by atoms with Crippen LogP contribution in [0.5, 0.6) is 0 Å². The molecule has 0 bridgehead atoms. The third kappa shape index (κ3) is 3.55. The molecule has 7 heteroatoms. The van der Waals surface area contributed by atoms with Crippen molar-refractivity contribution in [1.29, 1.82) is 0 Å². The van der Waals surface area contributed by atoms with E-state index in [1.807, 2.05) is 0 Å². The molecule has 2 aromatic rings. The molecule has 0 spiro atoms. The highest BCUT2D eigenvalue weighted by Crippen LogP contribution is 2.22. The van der Waals surface area contributed by atoms with Gasteiger partial charge in [0.15, 0.2) is 10.4 Å². The normalized spacial score (nSPS) is 15.8. The van der Waals surface area contributed by atoms with E-state index in [4.69, 9.17) is 4.42 Å². The van der Waals surface area contributed by atoms with Gasteiger partial charge in [-0.2, -0.15) is 0 Å². The average molecular weight is 380 g/mol. The number of hydrogen-bond acceptors (Lipinski definition) is 4. The minimum absolute atomic E-state index is 0.0129. The van der Waals surface area contributed by atoms with Gasteiger partial charge in [0.05, 0.1) is 6.33 Å². The molecule has 0 radical (unpaired) electrons. The number of carbonyl (C=O) groups is 1. The summed E-state index contributed by atoms with van der Waals surface area (Å²) in [5.74, 6) is 0.654. The van der Waals surface area contributed by atoms with E-state index in [0.29, 0.717) is 41.5 Å². The van der Waals surface area contributed by atoms with Crippen molar-refractivity contribution in [1.82, 2.24) is 14.5 Å². The Morgan fingerprint density at radius 1 is 1.39 bits per heavy atom. The fourth-order valence-electron chi connectivity index (χ4n) is 2.87. The maximum Gasteiger partial charge on any atom is 0.289 e. The van der Waals surface area contributed by atoms with Gasteiger partial charge in [0, 0.05) is 31.4 Å². The van der Waals surface area contributed by atoms with Crippen molar-refractivity contribution in [3.63, 3.8) is 0 Å². The molecule has 0 saturated carbocycles. The number of hydrogen-bond donors (Lipinski definition) is 0. The molecule has 0 unspecified atom stereocenters. The molecule has 23 heavy (non-hydrogen) atoms. The Morgan fingerprint density at radius 3 is 2.78 bits per heavy atom. The van der Waals surface area contributed by atoms with Crippen molar-refractivity contribution >= 4 is 21.8 Å². The molecule has 1 fully saturated rings. The number of amides is 1. The zero-order valence-electron chi connectivity index (χ0n) is 12.9. The summed E-state index contributed by atoms with van der Waals surface area (Å²) in [5, 5.41) is 0. The Kier molecular flexibility index (Phi) is 4.66. The lowest BCUT2D eigenvalue weighted by Crippen LogP contribution is -2.40. The van der Waals surface area contributed by atoms with Crippen LogP contribution >= 0.6 is 15.9 Å². The van der Waals surface area contributed by atoms with Gasteiger partial charge < -0.3 is 9.32 Å². The number of piperidine rings is 1. The molecule has 0 aliphatic carbocycles. The summed E-state index contributed by atoms with van der Waals surface area (Å²) in [5.41, 5.74) is 0.669. The smallest absolute Gasteiger partial charge is 0.289 e. The van der Waals surface area contributed by atoms with Crippen molar-refractivity contribution in [2.45, 2.75) is 26.3 Å². The molecule has 3 heterocycles. The molecule has 6 nitrogen and oxygen atoms in total. The number of aryl methyl sites for hydroxylation is 1. The third-order valence-corrected chi connectivity index (χ3v) is 4.64. The van der Waals surface area contributed by atoms with Crippen LogP contribution < -0.4 is 5.56 Å². The topological polar surface area (TPSA) is 68.3 Å². The van der Waals surface area contributed by atoms with E-state index >= 15 is 0 Å². The molecule has 1 saturated heterocycles. The van der Waals surface area contributed by atoms with Crippen molar-refractivity contribution in [3.05, 3.63) is 51.0 Å². The van der Waals surface area contributed by atoms with Crippen LogP contribution in [0.25, 0.3) is 0 Å². The Bertz CT molecular complexity index is 760. The predicted octanol–water partition coefficient (Wildman–Crippen LogP) is 2.46. The van der Waals surface area contributed by atoms with E-state index in [0.717, 1.165) is 12.8 Å². The summed E-state index contributed by atoms with van der Waals surface area (Å²) in [6.07, 6.45) is 4.91. The maximum atomic E-state index is 12.3. The van der Waals surface area contributed by atoms with E-state index in [2.05, 4.69) is 20.9 Å². The van der Waals surface area contributed by atoms with Gasteiger partial charge >= 0.3 is 0 Å². The van der Waals surface area contributed by atoms with E-state index in [1.165, 1.54) is 0 Å². The first-order valence-corrected chi connectivity index (χ1v) is 8.39. The minimum Gasteiger partial charge on any atom is -0.444 e. The van der Waals surface area contributed by atoms with Crippen LogP contribution in [0.4, 0.5) is 0 Å². The average Bonchev–Trinajstić information content (AvgIpc) is 2.98. The van der Waals surface area contributed by atoms with E-state index in [1.54, 1.807) is 41.0 Å². The molecular formula is C16H18BrN3O3. The number of furan rings is 1. The van der Waals surface area contributed by atoms with Gasteiger partial charge in [0.2, 0.25) is 0 Å². The second-order valence-corrected chi connectivity index (χ2v) is 6.66. The highest BCUT2D eigenvalue weighted by Gasteiger charge is 2.25. The van der Waals surface area contributed by atoms with Crippen molar-refractivity contribution in [3.8, 4) is 0 Å². The lowest BCUT2D eigenvalue weighted by Gasteiger charge is -2.31. The van der Waals surface area contributed by atoms with Gasteiger partial charge in [-0.3, -0.25) is 14.2 Å². The fourth-order valence-corrected chi connectivity index (χ4v) is 3.18. The van der Waals surface area contributed by atoms with E-state index < -0.39 is 0 Å². The third-order valence-electron chi connectivity index (χ3n) is 4.21. The molecule has 3 rings (SSSR count). The van der Waals surface area contributed by atoms with Crippen LogP contribution in [-0.4, -0.2) is 33.4 Å². The first-order valence-electron chi connectivity index (χ1n) is 7.60. The summed E-state index contributed by atoms with van der Waals surface area (Å²) in [6, 6.07) is 3.40. The molecule has 1 amide bonds. The number of halogens is 1. The Hall–Kier alpha value is -1.89. The Labute approximate surface area is 142 Å². The molecule has 0 N–H and O–H groups in total. The van der Waals surface area contributed by atoms with Gasteiger partial charge in [-0.1, -0.05) is 0 Å². The summed E-state index contributed by atoms with van der Waals surface area (Å²) < 4.78 is 7.55. The minimum atomic E-state index is -0.0801. The number of nitrogens with zero attached hydrogens (tertiary/aromatic N) is 3. The van der Waals surface area contributed by atoms with Gasteiger partial charge in [0.25, 0.3) is 11.5 Å². The summed E-state index contributed by atoms with van der Waals surface area (Å²) in [4.78, 5) is 30.2. The summed E-state index contributed by atoms with van der Waals surface area (Å²) in [7, 11) is 0. The number of aromatic nitrogens is 2. The van der Waals surface area contributed by atoms with Crippen molar-refractivity contribution in [2.24, 2.45) is 5.92 Å². The van der Waals surface area contributed by atoms with Crippen LogP contribution in [-0.2, 0) is 6.54 Å². The van der Waals surface area contributed by atoms with Gasteiger partial charge in [-0.05, 0) is 53.7 Å². The second kappa shape index (κ2) is 6.70. The van der Waals surface area contributed by atoms with Crippen LogP contribution in [0.1, 0.15) is 29.0 Å². The zero-order valence-corrected chi connectivity index (χ0v) is 14.5. The van der Waals surface area contributed by atoms with Crippen molar-refractivity contribution < 1.29 is 9.21 Å². The zero-order chi connectivity index (χ0) is 16.4. The number of carbonyl (C=O) groups excluding carboxylic acids is 1. The van der Waals surface area contributed by atoms with Crippen LogP contribution in [0, 0.1) is 12.8 Å². The second-order valence-electron chi connectivity index (χ2n) is 5.87. The monoisotopic (exact) mass is 379 g/mol. The lowest BCUT2D eigenvalue weighted by molar-refractivity contribution is 0.0649. The standard InChI is InChI=1S/C16H18BrN3O3/c1-11-8-18-10-20(15(11)21)9-12-4-6-19(7-5-12)16(22)13-2-3-14(17)23-13/h2-3,8,10,12H,4-7,9H2,1H3. The first kappa shape index (κ1) is 16.0. The highest BCUT2D eigenvalue weighted by molar-refractivity contribution is 9.10. The summed E-state index contributed by atoms with van der Waals surface area (Å²) in [6.45, 7) is 3.78. The van der Waals surface area contributed by atoms with Crippen LogP contribution in [0.2, 0.25) is 0 Å². The Morgan fingerprint density at radius 2 is 2.13 bits per heavy atom. The van der Waals surface area contributed by atoms with Gasteiger partial charge in [-0.25, -0.2) is 4.98 Å². The highest BCUT2D eigenvalue weighted by atomic mass is 79.9. The molecule has 0 aromatic carbocycles. The summed E-state index contributed by atoms with van der Waals surface area (Å²) >= 11 is 3.21. The fraction of sp³-hybridized carbons (Fsp3) is 0.438. The molecule has 1 aliphatic heterocycles. The Balaban J connectivity index is 1.59. The van der Waals surface area contributed by atoms with Gasteiger partial charge in [-0.15, -0.1) is 0 Å². The van der Waals surface area contributed by atoms with E-state index in [-0.39, 0.29) is 11.5 Å². The predicted molar refractivity (Wildman–Crippen MR) is 88.3 cm³/mol. The molecule has 2 aromatic heterocycles. The maximum absolute atomic E-state index is 12.3. The number of rotatable bonds is 3. The molecule has 122 valence electrons. The van der Waals surface area contributed by atoms with Crippen molar-refractivity contribution in [2.75, 3.05) is 13.1 Å². The number of likely N-dealkylation sites (tertiary alicyclic amines) is 1. The first-order chi connectivity index (χ1) is 11.0. The largest absolute Gasteiger partial charge is 0.444 e. The SMILES string of the molecule is Cc1cncn(CC2CCN(C(=O)c3ccc(Br)o3)CC2)c1=O. The van der Waals surface area contributed by atoms with Gasteiger partial charge in [0.1, 0.15) is 0 Å². The lowest BCUT2D eigenvalue weighted by atomic mass is 9.96. The quantitative estimate of drug-likeness (QED) is 0.821. The van der Waals surface area contributed by atoms with Crippen LogP contribution in [0.3, 0.4) is 0 Å². The molecule has 1 aliphatic rings. The van der Waals surface area contributed by atoms with E-state index in [9.17, 15) is 9.59 Å². The molecule has 0 atom stereocenters. The molecular weight excluding hydrogens is 362 g/mol.